The number of carbonyl (C=O) groups is 1. The Bertz CT molecular complexity index is 575. The molecule has 1 fully saturated rings. The van der Waals surface area contributed by atoms with Gasteiger partial charge < -0.3 is 0 Å². The molecular weight excluding hydrogens is 261 g/mol. The fourth-order valence-electron chi connectivity index (χ4n) is 2.04. The van der Waals surface area contributed by atoms with E-state index in [-0.39, 0.29) is 18.9 Å². The minimum absolute atomic E-state index is 0.0131. The van der Waals surface area contributed by atoms with E-state index < -0.39 is 21.9 Å². The van der Waals surface area contributed by atoms with Gasteiger partial charge in [0, 0.05) is 31.3 Å². The fourth-order valence-corrected chi connectivity index (χ4v) is 2.83. The van der Waals surface area contributed by atoms with E-state index in [0.717, 1.165) is 0 Å². The zero-order chi connectivity index (χ0) is 13.3. The van der Waals surface area contributed by atoms with Gasteiger partial charge in [0.15, 0.2) is 5.82 Å². The molecule has 1 aromatic heterocycles. The molecule has 1 saturated heterocycles. The minimum Gasteiger partial charge on any atom is -0.295 e. The summed E-state index contributed by atoms with van der Waals surface area (Å²) >= 11 is 0. The Hall–Kier alpha value is -1.57. The number of rotatable bonds is 3. The van der Waals surface area contributed by atoms with Crippen LogP contribution in [0.1, 0.15) is 12.1 Å². The smallest absolute Gasteiger partial charge is 0.295 e. The highest BCUT2D eigenvalue weighted by Crippen LogP contribution is 2.25. The average molecular weight is 273 g/mol. The van der Waals surface area contributed by atoms with Gasteiger partial charge in [0.25, 0.3) is 0 Å². The molecule has 2 rings (SSSR count). The van der Waals surface area contributed by atoms with Crippen LogP contribution in [0.3, 0.4) is 0 Å². The van der Waals surface area contributed by atoms with E-state index in [1.54, 1.807) is 6.92 Å². The monoisotopic (exact) mass is 273 g/mol. The van der Waals surface area contributed by atoms with E-state index >= 15 is 0 Å². The van der Waals surface area contributed by atoms with Gasteiger partial charge in [-0.1, -0.05) is 0 Å². The molecule has 1 aliphatic rings. The second kappa shape index (κ2) is 4.60. The van der Waals surface area contributed by atoms with Gasteiger partial charge in [-0.25, -0.2) is 4.98 Å². The van der Waals surface area contributed by atoms with Gasteiger partial charge in [-0.05, 0) is 6.92 Å². The first kappa shape index (κ1) is 12.9. The molecule has 1 aromatic rings. The number of hydrogen-bond donors (Lipinski definition) is 0. The molecule has 0 saturated carbocycles. The van der Waals surface area contributed by atoms with Crippen LogP contribution in [0.2, 0.25) is 0 Å². The van der Waals surface area contributed by atoms with E-state index in [1.807, 2.05) is 0 Å². The summed E-state index contributed by atoms with van der Waals surface area (Å²) in [7, 11) is -4.56. The van der Waals surface area contributed by atoms with E-state index in [0.29, 0.717) is 11.5 Å². The van der Waals surface area contributed by atoms with Crippen LogP contribution < -0.4 is 4.90 Å². The number of aryl methyl sites for hydroxylation is 1. The van der Waals surface area contributed by atoms with E-state index in [1.165, 1.54) is 17.3 Å². The fraction of sp³-hybridized carbons (Fsp3) is 0.500. The van der Waals surface area contributed by atoms with E-state index in [4.69, 9.17) is 0 Å². The second-order valence-electron chi connectivity index (χ2n) is 4.25. The van der Waals surface area contributed by atoms with Crippen molar-refractivity contribution in [1.82, 2.24) is 9.97 Å². The molecule has 1 aliphatic heterocycles. The van der Waals surface area contributed by atoms with Gasteiger partial charge in [0.05, 0.1) is 11.4 Å². The molecule has 1 amide bonds. The molecular formula is C10H12FN3O3S. The lowest BCUT2D eigenvalue weighted by Gasteiger charge is -2.16. The summed E-state index contributed by atoms with van der Waals surface area (Å²) in [5.41, 5.74) is 0.578. The standard InChI is InChI=1S/C10H12FN3O3S/c1-7-10(13-3-2-12-7)14-5-8(4-9(14)15)6-18(11,16)17/h2-3,8H,4-6H2,1H3. The highest BCUT2D eigenvalue weighted by Gasteiger charge is 2.34. The second-order valence-corrected chi connectivity index (χ2v) is 5.66. The van der Waals surface area contributed by atoms with Crippen molar-refractivity contribution in [1.29, 1.82) is 0 Å². The number of nitrogens with zero attached hydrogens (tertiary/aromatic N) is 3. The van der Waals surface area contributed by atoms with Crippen LogP contribution >= 0.6 is 0 Å². The normalized spacial score (nSPS) is 20.4. The maximum Gasteiger partial charge on any atom is 0.302 e. The summed E-state index contributed by atoms with van der Waals surface area (Å²) in [6.07, 6.45) is 2.97. The van der Waals surface area contributed by atoms with Gasteiger partial charge >= 0.3 is 10.2 Å². The zero-order valence-corrected chi connectivity index (χ0v) is 10.5. The highest BCUT2D eigenvalue weighted by atomic mass is 32.3. The number of hydrogen-bond acceptors (Lipinski definition) is 5. The molecule has 2 heterocycles. The number of anilines is 1. The topological polar surface area (TPSA) is 80.2 Å². The molecule has 6 nitrogen and oxygen atoms in total. The number of amides is 1. The van der Waals surface area contributed by atoms with Crippen LogP contribution in [0.4, 0.5) is 9.70 Å². The van der Waals surface area contributed by atoms with Crippen molar-refractivity contribution in [3.05, 3.63) is 18.1 Å². The molecule has 0 radical (unpaired) electrons. The van der Waals surface area contributed by atoms with E-state index in [2.05, 4.69) is 9.97 Å². The lowest BCUT2D eigenvalue weighted by molar-refractivity contribution is -0.117. The average Bonchev–Trinajstić information content (AvgIpc) is 2.57. The molecule has 0 spiro atoms. The zero-order valence-electron chi connectivity index (χ0n) is 9.71. The Morgan fingerprint density at radius 1 is 1.44 bits per heavy atom. The summed E-state index contributed by atoms with van der Waals surface area (Å²) in [5, 5.41) is 0. The molecule has 18 heavy (non-hydrogen) atoms. The van der Waals surface area contributed by atoms with Crippen LogP contribution in [0.15, 0.2) is 12.4 Å². The Kier molecular flexibility index (Phi) is 3.29. The minimum atomic E-state index is -4.56. The molecule has 1 unspecified atom stereocenters. The maximum absolute atomic E-state index is 12.6. The molecule has 0 N–H and O–H groups in total. The lowest BCUT2D eigenvalue weighted by Crippen LogP contribution is -2.27. The summed E-state index contributed by atoms with van der Waals surface area (Å²) in [4.78, 5) is 21.2. The molecule has 0 aromatic carbocycles. The van der Waals surface area contributed by atoms with E-state index in [9.17, 15) is 17.1 Å². The summed E-state index contributed by atoms with van der Waals surface area (Å²) in [6.45, 7) is 1.86. The molecule has 8 heteroatoms. The third-order valence-corrected chi connectivity index (χ3v) is 3.62. The van der Waals surface area contributed by atoms with Crippen LogP contribution in [0, 0.1) is 12.8 Å². The molecule has 1 atom stereocenters. The van der Waals surface area contributed by atoms with Crippen molar-refractivity contribution in [2.24, 2.45) is 5.92 Å². The van der Waals surface area contributed by atoms with Crippen molar-refractivity contribution in [2.45, 2.75) is 13.3 Å². The van der Waals surface area contributed by atoms with Gasteiger partial charge in [-0.2, -0.15) is 8.42 Å². The summed E-state index contributed by atoms with van der Waals surface area (Å²) in [6, 6.07) is 0. The third kappa shape index (κ3) is 2.81. The number of aromatic nitrogens is 2. The summed E-state index contributed by atoms with van der Waals surface area (Å²) in [5.74, 6) is -1.02. The third-order valence-electron chi connectivity index (χ3n) is 2.75. The van der Waals surface area contributed by atoms with Crippen molar-refractivity contribution < 1.29 is 17.1 Å². The Morgan fingerprint density at radius 2 is 2.11 bits per heavy atom. The van der Waals surface area contributed by atoms with Crippen LogP contribution in [-0.4, -0.2) is 36.6 Å². The maximum atomic E-state index is 12.6. The first-order valence-electron chi connectivity index (χ1n) is 5.37. The SMILES string of the molecule is Cc1nccnc1N1CC(CS(=O)(=O)F)CC1=O. The number of carbonyl (C=O) groups excluding carboxylic acids is 1. The quantitative estimate of drug-likeness (QED) is 0.746. The Morgan fingerprint density at radius 3 is 2.72 bits per heavy atom. The van der Waals surface area contributed by atoms with Crippen molar-refractivity contribution in [3.63, 3.8) is 0 Å². The summed E-state index contributed by atoms with van der Waals surface area (Å²) < 4.78 is 33.8. The van der Waals surface area contributed by atoms with Gasteiger partial charge in [0.1, 0.15) is 0 Å². The first-order chi connectivity index (χ1) is 8.37. The molecule has 98 valence electrons. The first-order valence-corrected chi connectivity index (χ1v) is 6.92. The van der Waals surface area contributed by atoms with Crippen LogP contribution in [-0.2, 0) is 15.0 Å². The molecule has 0 bridgehead atoms. The van der Waals surface area contributed by atoms with Crippen LogP contribution in [0.5, 0.6) is 0 Å². The Labute approximate surface area is 104 Å². The predicted molar refractivity (Wildman–Crippen MR) is 62.1 cm³/mol. The predicted octanol–water partition coefficient (Wildman–Crippen LogP) is 0.437. The van der Waals surface area contributed by atoms with Crippen molar-refractivity contribution in [3.8, 4) is 0 Å². The van der Waals surface area contributed by atoms with Crippen LogP contribution in [0.25, 0.3) is 0 Å². The lowest BCUT2D eigenvalue weighted by atomic mass is 10.1. The van der Waals surface area contributed by atoms with Crippen molar-refractivity contribution in [2.75, 3.05) is 17.2 Å². The largest absolute Gasteiger partial charge is 0.302 e. The van der Waals surface area contributed by atoms with Gasteiger partial charge in [-0.3, -0.25) is 14.7 Å². The van der Waals surface area contributed by atoms with Gasteiger partial charge in [0.2, 0.25) is 5.91 Å². The van der Waals surface area contributed by atoms with Crippen molar-refractivity contribution >= 4 is 21.9 Å². The highest BCUT2D eigenvalue weighted by molar-refractivity contribution is 7.86. The number of halogens is 1. The Balaban J connectivity index is 2.18. The molecule has 0 aliphatic carbocycles. The van der Waals surface area contributed by atoms with Gasteiger partial charge in [-0.15, -0.1) is 3.89 Å².